The Morgan fingerprint density at radius 3 is 2.66 bits per heavy atom. The van der Waals surface area contributed by atoms with Crippen LogP contribution in [0.25, 0.3) is 0 Å². The van der Waals surface area contributed by atoms with Gasteiger partial charge in [-0.05, 0) is 25.5 Å². The Hall–Kier alpha value is -1.80. The summed E-state index contributed by atoms with van der Waals surface area (Å²) >= 11 is 12.6. The Bertz CT molecular complexity index is 809. The molecule has 1 atom stereocenters. The molecule has 0 radical (unpaired) electrons. The predicted molar refractivity (Wildman–Crippen MR) is 111 cm³/mol. The lowest BCUT2D eigenvalue weighted by atomic mass is 9.94. The van der Waals surface area contributed by atoms with Gasteiger partial charge in [0.2, 0.25) is 0 Å². The molecule has 158 valence electrons. The maximum Gasteiger partial charge on any atom is 0.338 e. The maximum atomic E-state index is 13.0. The lowest BCUT2D eigenvalue weighted by Crippen LogP contribution is -2.51. The highest BCUT2D eigenvalue weighted by molar-refractivity contribution is 6.42. The summed E-state index contributed by atoms with van der Waals surface area (Å²) in [6.45, 7) is 7.38. The van der Waals surface area contributed by atoms with Crippen molar-refractivity contribution in [2.75, 3.05) is 46.0 Å². The second kappa shape index (κ2) is 9.80. The minimum absolute atomic E-state index is 0.225. The Morgan fingerprint density at radius 2 is 2.00 bits per heavy atom. The quantitative estimate of drug-likeness (QED) is 0.686. The van der Waals surface area contributed by atoms with Gasteiger partial charge < -0.3 is 14.8 Å². The Kier molecular flexibility index (Phi) is 7.40. The van der Waals surface area contributed by atoms with Crippen LogP contribution < -0.4 is 5.32 Å². The highest BCUT2D eigenvalue weighted by atomic mass is 35.5. The van der Waals surface area contributed by atoms with E-state index < -0.39 is 12.0 Å². The number of esters is 1. The molecule has 1 saturated heterocycles. The monoisotopic (exact) mass is 441 g/mol. The van der Waals surface area contributed by atoms with Gasteiger partial charge in [0.1, 0.15) is 0 Å². The second-order valence-electron chi connectivity index (χ2n) is 6.74. The number of carbonyl (C=O) groups excluding carboxylic acids is 2. The summed E-state index contributed by atoms with van der Waals surface area (Å²) in [6, 6.07) is 4.13. The predicted octanol–water partition coefficient (Wildman–Crippen LogP) is 3.23. The van der Waals surface area contributed by atoms with E-state index in [0.717, 1.165) is 13.1 Å². The fraction of sp³-hybridized carbons (Fsp3) is 0.500. The molecule has 7 nitrogen and oxygen atoms in total. The molecule has 2 aliphatic rings. The smallest absolute Gasteiger partial charge is 0.338 e. The summed E-state index contributed by atoms with van der Waals surface area (Å²) in [6.07, 6.45) is 0. The molecule has 1 N–H and O–H groups in total. The summed E-state index contributed by atoms with van der Waals surface area (Å²) in [5.74, 6) is -0.477. The highest BCUT2D eigenvalue weighted by Gasteiger charge is 2.39. The molecule has 1 aromatic rings. The van der Waals surface area contributed by atoms with Crippen molar-refractivity contribution in [2.45, 2.75) is 19.9 Å². The first kappa shape index (κ1) is 21.9. The molecular weight excluding hydrogens is 417 g/mol. The average molecular weight is 442 g/mol. The molecule has 1 fully saturated rings. The largest absolute Gasteiger partial charge is 0.463 e. The Balaban J connectivity index is 2.12. The number of ether oxygens (including phenoxy) is 2. The molecule has 2 heterocycles. The first-order valence-electron chi connectivity index (χ1n) is 9.70. The van der Waals surface area contributed by atoms with Crippen molar-refractivity contribution >= 4 is 35.2 Å². The van der Waals surface area contributed by atoms with E-state index in [1.807, 2.05) is 6.92 Å². The minimum atomic E-state index is -0.744. The molecule has 0 spiro atoms. The van der Waals surface area contributed by atoms with Gasteiger partial charge in [-0.25, -0.2) is 9.59 Å². The highest BCUT2D eigenvalue weighted by Crippen LogP contribution is 2.37. The van der Waals surface area contributed by atoms with Crippen molar-refractivity contribution in [1.29, 1.82) is 0 Å². The van der Waals surface area contributed by atoms with Gasteiger partial charge in [-0.1, -0.05) is 35.3 Å². The third-order valence-corrected chi connectivity index (χ3v) is 5.85. The van der Waals surface area contributed by atoms with Gasteiger partial charge >= 0.3 is 12.0 Å². The minimum Gasteiger partial charge on any atom is -0.463 e. The number of rotatable bonds is 6. The van der Waals surface area contributed by atoms with Gasteiger partial charge in [-0.3, -0.25) is 9.80 Å². The zero-order valence-electron chi connectivity index (χ0n) is 16.5. The van der Waals surface area contributed by atoms with Crippen LogP contribution in [0.3, 0.4) is 0 Å². The number of amides is 2. The lowest BCUT2D eigenvalue weighted by molar-refractivity contribution is -0.139. The molecule has 1 aromatic carbocycles. The maximum absolute atomic E-state index is 13.0. The molecule has 29 heavy (non-hydrogen) atoms. The van der Waals surface area contributed by atoms with Gasteiger partial charge in [0, 0.05) is 31.9 Å². The summed E-state index contributed by atoms with van der Waals surface area (Å²) in [5.41, 5.74) is 1.56. The van der Waals surface area contributed by atoms with E-state index in [1.54, 1.807) is 30.0 Å². The molecular formula is C20H25Cl2N3O4. The number of benzene rings is 1. The molecule has 9 heteroatoms. The fourth-order valence-corrected chi connectivity index (χ4v) is 4.02. The number of morpholine rings is 1. The number of hydrogen-bond donors (Lipinski definition) is 1. The Morgan fingerprint density at radius 1 is 1.28 bits per heavy atom. The number of urea groups is 1. The van der Waals surface area contributed by atoms with E-state index in [1.165, 1.54) is 0 Å². The topological polar surface area (TPSA) is 71.1 Å². The third-order valence-electron chi connectivity index (χ3n) is 5.02. The normalized spacial score (nSPS) is 20.6. The van der Waals surface area contributed by atoms with Crippen molar-refractivity contribution in [1.82, 2.24) is 15.1 Å². The van der Waals surface area contributed by atoms with Crippen LogP contribution in [0.4, 0.5) is 4.79 Å². The molecule has 0 bridgehead atoms. The van der Waals surface area contributed by atoms with Crippen LogP contribution in [0.2, 0.25) is 10.0 Å². The van der Waals surface area contributed by atoms with E-state index in [4.69, 9.17) is 32.7 Å². The zero-order chi connectivity index (χ0) is 21.0. The lowest BCUT2D eigenvalue weighted by Gasteiger charge is -2.39. The second-order valence-corrected chi connectivity index (χ2v) is 7.52. The molecule has 0 aliphatic carbocycles. The van der Waals surface area contributed by atoms with Crippen LogP contribution in [-0.2, 0) is 14.3 Å². The summed E-state index contributed by atoms with van der Waals surface area (Å²) in [7, 11) is 0. The molecule has 2 aliphatic heterocycles. The molecule has 0 aromatic heterocycles. The SMILES string of the molecule is CCOC(=O)C1=C(CN2CCOCC2)N(CC)C(=O)N[C@H]1c1cccc(Cl)c1Cl. The van der Waals surface area contributed by atoms with Crippen LogP contribution in [0.15, 0.2) is 29.5 Å². The molecule has 2 amide bonds. The van der Waals surface area contributed by atoms with Crippen LogP contribution in [0.1, 0.15) is 25.5 Å². The summed E-state index contributed by atoms with van der Waals surface area (Å²) < 4.78 is 10.8. The van der Waals surface area contributed by atoms with Crippen LogP contribution in [0.5, 0.6) is 0 Å². The van der Waals surface area contributed by atoms with E-state index >= 15 is 0 Å². The molecule has 0 saturated carbocycles. The van der Waals surface area contributed by atoms with Crippen molar-refractivity contribution in [3.05, 3.63) is 45.1 Å². The fourth-order valence-electron chi connectivity index (χ4n) is 3.61. The summed E-state index contributed by atoms with van der Waals surface area (Å²) in [4.78, 5) is 29.7. The van der Waals surface area contributed by atoms with Gasteiger partial charge in [-0.15, -0.1) is 0 Å². The first-order chi connectivity index (χ1) is 14.0. The summed E-state index contributed by atoms with van der Waals surface area (Å²) in [5, 5.41) is 3.56. The Labute approximate surface area is 180 Å². The standard InChI is InChI=1S/C20H25Cl2N3O4/c1-3-25-15(12-24-8-10-28-11-9-24)16(19(26)29-4-2)18(23-20(25)27)13-6-5-7-14(21)17(13)22/h5-7,18H,3-4,8-12H2,1-2H3,(H,23,27)/t18-/m0/s1. The van der Waals surface area contributed by atoms with Crippen molar-refractivity contribution in [3.8, 4) is 0 Å². The van der Waals surface area contributed by atoms with Crippen molar-refractivity contribution in [3.63, 3.8) is 0 Å². The van der Waals surface area contributed by atoms with Gasteiger partial charge in [0.15, 0.2) is 0 Å². The van der Waals surface area contributed by atoms with Crippen molar-refractivity contribution < 1.29 is 19.1 Å². The van der Waals surface area contributed by atoms with E-state index in [9.17, 15) is 9.59 Å². The van der Waals surface area contributed by atoms with Gasteiger partial charge in [-0.2, -0.15) is 0 Å². The number of likely N-dealkylation sites (N-methyl/N-ethyl adjacent to an activating group) is 1. The number of carbonyl (C=O) groups is 2. The molecule has 3 rings (SSSR count). The van der Waals surface area contributed by atoms with E-state index in [0.29, 0.717) is 53.2 Å². The van der Waals surface area contributed by atoms with Gasteiger partial charge in [0.25, 0.3) is 0 Å². The van der Waals surface area contributed by atoms with Crippen molar-refractivity contribution in [2.24, 2.45) is 0 Å². The third kappa shape index (κ3) is 4.69. The van der Waals surface area contributed by atoms with Crippen LogP contribution >= 0.6 is 23.2 Å². The number of nitrogens with one attached hydrogen (secondary N) is 1. The zero-order valence-corrected chi connectivity index (χ0v) is 18.1. The number of nitrogens with zero attached hydrogens (tertiary/aromatic N) is 2. The first-order valence-corrected chi connectivity index (χ1v) is 10.5. The van der Waals surface area contributed by atoms with Crippen LogP contribution in [0, 0.1) is 0 Å². The number of halogens is 2. The van der Waals surface area contributed by atoms with Gasteiger partial charge in [0.05, 0.1) is 41.5 Å². The number of hydrogen-bond acceptors (Lipinski definition) is 5. The average Bonchev–Trinajstić information content (AvgIpc) is 2.71. The van der Waals surface area contributed by atoms with E-state index in [-0.39, 0.29) is 12.6 Å². The van der Waals surface area contributed by atoms with Crippen LogP contribution in [-0.4, -0.2) is 67.8 Å². The molecule has 0 unspecified atom stereocenters. The van der Waals surface area contributed by atoms with E-state index in [2.05, 4.69) is 10.2 Å².